The maximum atomic E-state index is 12.6. The minimum Gasteiger partial charge on any atom is -0.342 e. The molecule has 3 aromatic heterocycles. The third-order valence-corrected chi connectivity index (χ3v) is 5.01. The zero-order chi connectivity index (χ0) is 19.5. The zero-order valence-corrected chi connectivity index (χ0v) is 15.5. The summed E-state index contributed by atoms with van der Waals surface area (Å²) in [5, 5.41) is 11.0. The molecule has 4 rings (SSSR count). The van der Waals surface area contributed by atoms with Gasteiger partial charge >= 0.3 is 0 Å². The first kappa shape index (κ1) is 18.0. The van der Waals surface area contributed by atoms with Gasteiger partial charge in [-0.3, -0.25) is 14.6 Å². The standard InChI is InChI=1S/C19H21N7O2/c1-12(17-25-22-11-26(17)13-6-2-3-7-13)23-18(27)14-10-21-16(24-19(14)28)15-8-4-5-9-20-15/h4-5,8-13H,2-3,6-7H2,1H3,(H,23,27)(H,21,24,28)/t12-/m1/s1. The Kier molecular flexibility index (Phi) is 4.96. The van der Waals surface area contributed by atoms with Crippen LogP contribution in [0.1, 0.15) is 60.9 Å². The first-order valence-electron chi connectivity index (χ1n) is 9.34. The number of aromatic nitrogens is 6. The average Bonchev–Trinajstić information content (AvgIpc) is 3.40. The van der Waals surface area contributed by atoms with E-state index < -0.39 is 11.5 Å². The molecule has 0 unspecified atom stereocenters. The molecule has 0 bridgehead atoms. The molecule has 1 aliphatic carbocycles. The van der Waals surface area contributed by atoms with Crippen LogP contribution in [0.5, 0.6) is 0 Å². The highest BCUT2D eigenvalue weighted by Crippen LogP contribution is 2.31. The molecule has 0 aromatic carbocycles. The summed E-state index contributed by atoms with van der Waals surface area (Å²) in [6, 6.07) is 5.29. The van der Waals surface area contributed by atoms with Crippen LogP contribution in [-0.2, 0) is 0 Å². The molecule has 3 heterocycles. The van der Waals surface area contributed by atoms with Gasteiger partial charge < -0.3 is 14.9 Å². The number of nitrogens with zero attached hydrogens (tertiary/aromatic N) is 5. The van der Waals surface area contributed by atoms with Crippen molar-refractivity contribution < 1.29 is 4.79 Å². The van der Waals surface area contributed by atoms with Crippen LogP contribution in [0.4, 0.5) is 0 Å². The van der Waals surface area contributed by atoms with Crippen molar-refractivity contribution in [2.75, 3.05) is 0 Å². The number of hydrogen-bond donors (Lipinski definition) is 2. The van der Waals surface area contributed by atoms with Gasteiger partial charge in [-0.1, -0.05) is 18.9 Å². The van der Waals surface area contributed by atoms with Crippen LogP contribution < -0.4 is 10.9 Å². The zero-order valence-electron chi connectivity index (χ0n) is 15.5. The number of hydrogen-bond acceptors (Lipinski definition) is 6. The van der Waals surface area contributed by atoms with Gasteiger partial charge in [0.15, 0.2) is 11.6 Å². The normalized spacial score (nSPS) is 15.5. The fourth-order valence-electron chi connectivity index (χ4n) is 3.55. The number of H-pyrrole nitrogens is 1. The second-order valence-corrected chi connectivity index (χ2v) is 6.92. The van der Waals surface area contributed by atoms with Gasteiger partial charge in [0.1, 0.15) is 17.6 Å². The lowest BCUT2D eigenvalue weighted by Gasteiger charge is -2.18. The van der Waals surface area contributed by atoms with Crippen molar-refractivity contribution in [1.29, 1.82) is 0 Å². The number of aromatic amines is 1. The van der Waals surface area contributed by atoms with E-state index in [0.29, 0.717) is 23.4 Å². The van der Waals surface area contributed by atoms with E-state index in [1.165, 1.54) is 19.0 Å². The van der Waals surface area contributed by atoms with Crippen molar-refractivity contribution >= 4 is 5.91 Å². The Morgan fingerprint density at radius 3 is 2.82 bits per heavy atom. The van der Waals surface area contributed by atoms with Gasteiger partial charge in [-0.25, -0.2) is 4.98 Å². The average molecular weight is 379 g/mol. The molecule has 0 radical (unpaired) electrons. The summed E-state index contributed by atoms with van der Waals surface area (Å²) in [5.74, 6) is 0.501. The lowest BCUT2D eigenvalue weighted by atomic mass is 10.2. The van der Waals surface area contributed by atoms with E-state index >= 15 is 0 Å². The summed E-state index contributed by atoms with van der Waals surface area (Å²) in [6.07, 6.45) is 9.14. The fraction of sp³-hybridized carbons (Fsp3) is 0.368. The Morgan fingerprint density at radius 1 is 1.29 bits per heavy atom. The SMILES string of the molecule is C[C@@H](NC(=O)c1cnc(-c2ccccn2)[nH]c1=O)c1nncn1C1CCCC1. The third kappa shape index (κ3) is 3.55. The lowest BCUT2D eigenvalue weighted by Crippen LogP contribution is -2.33. The molecule has 28 heavy (non-hydrogen) atoms. The highest BCUT2D eigenvalue weighted by molar-refractivity contribution is 5.93. The predicted octanol–water partition coefficient (Wildman–Crippen LogP) is 2.03. The summed E-state index contributed by atoms with van der Waals surface area (Å²) in [7, 11) is 0. The van der Waals surface area contributed by atoms with Crippen LogP contribution in [0, 0.1) is 0 Å². The van der Waals surface area contributed by atoms with Crippen LogP contribution in [0.25, 0.3) is 11.5 Å². The van der Waals surface area contributed by atoms with Gasteiger partial charge in [0.05, 0.1) is 6.04 Å². The van der Waals surface area contributed by atoms with Gasteiger partial charge in [0.25, 0.3) is 11.5 Å². The summed E-state index contributed by atoms with van der Waals surface area (Å²) < 4.78 is 2.03. The Morgan fingerprint density at radius 2 is 2.11 bits per heavy atom. The molecule has 0 saturated heterocycles. The van der Waals surface area contributed by atoms with Gasteiger partial charge in [-0.05, 0) is 31.9 Å². The highest BCUT2D eigenvalue weighted by atomic mass is 16.2. The quantitative estimate of drug-likeness (QED) is 0.700. The molecular formula is C19H21N7O2. The van der Waals surface area contributed by atoms with Gasteiger partial charge in [-0.15, -0.1) is 10.2 Å². The molecule has 1 amide bonds. The summed E-state index contributed by atoms with van der Waals surface area (Å²) in [6.45, 7) is 1.83. The fourth-order valence-corrected chi connectivity index (χ4v) is 3.55. The molecule has 9 nitrogen and oxygen atoms in total. The van der Waals surface area contributed by atoms with Crippen LogP contribution >= 0.6 is 0 Å². The van der Waals surface area contributed by atoms with E-state index in [4.69, 9.17) is 0 Å². The molecule has 144 valence electrons. The molecular weight excluding hydrogens is 358 g/mol. The predicted molar refractivity (Wildman–Crippen MR) is 101 cm³/mol. The van der Waals surface area contributed by atoms with E-state index in [9.17, 15) is 9.59 Å². The Hall–Kier alpha value is -3.36. The Labute approximate surface area is 161 Å². The second kappa shape index (κ2) is 7.71. The molecule has 1 atom stereocenters. The molecule has 3 aromatic rings. The Bertz CT molecular complexity index is 1020. The molecule has 1 saturated carbocycles. The van der Waals surface area contributed by atoms with Crippen molar-refractivity contribution in [3.05, 3.63) is 58.7 Å². The Balaban J connectivity index is 1.51. The van der Waals surface area contributed by atoms with E-state index in [2.05, 4.69) is 30.5 Å². The third-order valence-electron chi connectivity index (χ3n) is 5.01. The molecule has 0 spiro atoms. The van der Waals surface area contributed by atoms with E-state index in [1.807, 2.05) is 11.5 Å². The van der Waals surface area contributed by atoms with E-state index in [0.717, 1.165) is 12.8 Å². The maximum absolute atomic E-state index is 12.6. The number of carbonyl (C=O) groups is 1. The number of carbonyl (C=O) groups excluding carboxylic acids is 1. The van der Waals surface area contributed by atoms with Crippen LogP contribution in [0.3, 0.4) is 0 Å². The minimum atomic E-state index is -0.516. The summed E-state index contributed by atoms with van der Waals surface area (Å²) in [4.78, 5) is 35.9. The van der Waals surface area contributed by atoms with Crippen molar-refractivity contribution in [3.63, 3.8) is 0 Å². The van der Waals surface area contributed by atoms with Crippen molar-refractivity contribution in [3.8, 4) is 11.5 Å². The summed E-state index contributed by atoms with van der Waals surface area (Å²) in [5.41, 5.74) is -0.0410. The van der Waals surface area contributed by atoms with Gasteiger partial charge in [0.2, 0.25) is 0 Å². The lowest BCUT2D eigenvalue weighted by molar-refractivity contribution is 0.0935. The van der Waals surface area contributed by atoms with Crippen LogP contribution in [-0.4, -0.2) is 35.6 Å². The number of rotatable bonds is 5. The van der Waals surface area contributed by atoms with Crippen LogP contribution in [0.15, 0.2) is 41.7 Å². The topological polar surface area (TPSA) is 118 Å². The van der Waals surface area contributed by atoms with E-state index in [1.54, 1.807) is 30.7 Å². The summed E-state index contributed by atoms with van der Waals surface area (Å²) >= 11 is 0. The van der Waals surface area contributed by atoms with Gasteiger partial charge in [0, 0.05) is 18.4 Å². The van der Waals surface area contributed by atoms with Crippen molar-refractivity contribution in [2.45, 2.75) is 44.7 Å². The first-order valence-corrected chi connectivity index (χ1v) is 9.34. The second-order valence-electron chi connectivity index (χ2n) is 6.92. The molecule has 9 heteroatoms. The minimum absolute atomic E-state index is 0.0570. The first-order chi connectivity index (χ1) is 13.6. The molecule has 1 fully saturated rings. The smallest absolute Gasteiger partial charge is 0.264 e. The van der Waals surface area contributed by atoms with Crippen molar-refractivity contribution in [2.24, 2.45) is 0 Å². The number of amides is 1. The monoisotopic (exact) mass is 379 g/mol. The number of pyridine rings is 1. The molecule has 2 N–H and O–H groups in total. The molecule has 1 aliphatic rings. The van der Waals surface area contributed by atoms with Crippen molar-refractivity contribution in [1.82, 2.24) is 35.0 Å². The maximum Gasteiger partial charge on any atom is 0.264 e. The van der Waals surface area contributed by atoms with E-state index in [-0.39, 0.29) is 11.6 Å². The largest absolute Gasteiger partial charge is 0.342 e. The van der Waals surface area contributed by atoms with Gasteiger partial charge in [-0.2, -0.15) is 0 Å². The molecule has 0 aliphatic heterocycles. The van der Waals surface area contributed by atoms with Crippen LogP contribution in [0.2, 0.25) is 0 Å². The number of nitrogens with one attached hydrogen (secondary N) is 2. The highest BCUT2D eigenvalue weighted by Gasteiger charge is 2.24.